The first-order valence-corrected chi connectivity index (χ1v) is 8.91. The van der Waals surface area contributed by atoms with E-state index in [9.17, 15) is 14.4 Å². The van der Waals surface area contributed by atoms with Gasteiger partial charge in [0.15, 0.2) is 0 Å². The molecule has 1 unspecified atom stereocenters. The van der Waals surface area contributed by atoms with Crippen LogP contribution >= 0.6 is 0 Å². The van der Waals surface area contributed by atoms with Gasteiger partial charge in [-0.05, 0) is 37.0 Å². The Balaban J connectivity index is 1.86. The van der Waals surface area contributed by atoms with E-state index in [1.165, 1.54) is 0 Å². The van der Waals surface area contributed by atoms with E-state index in [1.54, 1.807) is 24.3 Å². The number of hydrogen-bond acceptors (Lipinski definition) is 3. The molecule has 0 bridgehead atoms. The molecule has 0 heterocycles. The van der Waals surface area contributed by atoms with Gasteiger partial charge in [0.1, 0.15) is 6.04 Å². The van der Waals surface area contributed by atoms with Gasteiger partial charge in [-0.2, -0.15) is 0 Å². The van der Waals surface area contributed by atoms with Crippen LogP contribution in [-0.2, 0) is 16.1 Å². The lowest BCUT2D eigenvalue weighted by Gasteiger charge is -2.14. The van der Waals surface area contributed by atoms with Crippen LogP contribution in [-0.4, -0.2) is 28.9 Å². The van der Waals surface area contributed by atoms with Gasteiger partial charge in [0.25, 0.3) is 5.91 Å². The highest BCUT2D eigenvalue weighted by Crippen LogP contribution is 2.24. The van der Waals surface area contributed by atoms with E-state index < -0.39 is 17.9 Å². The van der Waals surface area contributed by atoms with Gasteiger partial charge >= 0.3 is 5.97 Å². The first-order chi connectivity index (χ1) is 12.0. The number of carboxylic acid groups (broad SMARTS) is 1. The number of carbonyl (C=O) groups excluding carboxylic acids is 2. The van der Waals surface area contributed by atoms with Crippen molar-refractivity contribution in [2.45, 2.75) is 58.0 Å². The third-order valence-corrected chi connectivity index (χ3v) is 4.59. The highest BCUT2D eigenvalue weighted by atomic mass is 16.4. The maximum atomic E-state index is 12.1. The topological polar surface area (TPSA) is 95.5 Å². The molecule has 1 fully saturated rings. The van der Waals surface area contributed by atoms with Gasteiger partial charge in [0, 0.05) is 18.0 Å². The molecule has 136 valence electrons. The van der Waals surface area contributed by atoms with Crippen LogP contribution in [0, 0.1) is 5.92 Å². The molecular formula is C19H26N2O4. The Morgan fingerprint density at radius 1 is 1.16 bits per heavy atom. The van der Waals surface area contributed by atoms with Crippen molar-refractivity contribution in [3.63, 3.8) is 0 Å². The number of rotatable bonds is 8. The van der Waals surface area contributed by atoms with Gasteiger partial charge in [-0.3, -0.25) is 9.59 Å². The number of hydrogen-bond donors (Lipinski definition) is 3. The number of benzene rings is 1. The molecule has 0 aliphatic heterocycles. The van der Waals surface area contributed by atoms with Crippen molar-refractivity contribution in [2.24, 2.45) is 5.92 Å². The summed E-state index contributed by atoms with van der Waals surface area (Å²) < 4.78 is 0. The van der Waals surface area contributed by atoms with E-state index in [0.29, 0.717) is 24.9 Å². The first-order valence-electron chi connectivity index (χ1n) is 8.91. The van der Waals surface area contributed by atoms with E-state index in [4.69, 9.17) is 5.11 Å². The predicted octanol–water partition coefficient (Wildman–Crippen LogP) is 2.48. The number of amides is 2. The van der Waals surface area contributed by atoms with Crippen LogP contribution in [0.2, 0.25) is 0 Å². The van der Waals surface area contributed by atoms with Crippen LogP contribution in [0.15, 0.2) is 24.3 Å². The molecule has 6 heteroatoms. The van der Waals surface area contributed by atoms with Crippen LogP contribution in [0.1, 0.15) is 61.4 Å². The quantitative estimate of drug-likeness (QED) is 0.674. The van der Waals surface area contributed by atoms with Crippen molar-refractivity contribution < 1.29 is 19.5 Å². The number of aliphatic carboxylic acids is 1. The van der Waals surface area contributed by atoms with Crippen LogP contribution < -0.4 is 10.6 Å². The summed E-state index contributed by atoms with van der Waals surface area (Å²) in [7, 11) is 0. The molecule has 3 N–H and O–H groups in total. The molecule has 1 saturated carbocycles. The standard InChI is InChI=1S/C19H26N2O4/c1-2-5-16(19(24)25)21-18(23)15-10-8-13(9-11-15)12-20-17(22)14-6-3-4-7-14/h8-11,14,16H,2-7,12H2,1H3,(H,20,22)(H,21,23)(H,24,25). The Hall–Kier alpha value is -2.37. The van der Waals surface area contributed by atoms with Gasteiger partial charge in [0.2, 0.25) is 5.91 Å². The van der Waals surface area contributed by atoms with Gasteiger partial charge in [-0.25, -0.2) is 4.79 Å². The molecule has 2 rings (SSSR count). The summed E-state index contributed by atoms with van der Waals surface area (Å²) in [6.07, 6.45) is 5.25. The van der Waals surface area contributed by atoms with Gasteiger partial charge in [0.05, 0.1) is 0 Å². The predicted molar refractivity (Wildman–Crippen MR) is 94.0 cm³/mol. The van der Waals surface area contributed by atoms with Crippen LogP contribution in [0.4, 0.5) is 0 Å². The maximum absolute atomic E-state index is 12.1. The van der Waals surface area contributed by atoms with E-state index in [2.05, 4.69) is 10.6 Å². The molecule has 25 heavy (non-hydrogen) atoms. The zero-order valence-corrected chi connectivity index (χ0v) is 14.6. The second kappa shape index (κ2) is 9.20. The summed E-state index contributed by atoms with van der Waals surface area (Å²) >= 11 is 0. The van der Waals surface area contributed by atoms with E-state index in [1.807, 2.05) is 6.92 Å². The molecule has 1 aliphatic rings. The largest absolute Gasteiger partial charge is 0.480 e. The molecule has 1 aliphatic carbocycles. The minimum Gasteiger partial charge on any atom is -0.480 e. The van der Waals surface area contributed by atoms with Gasteiger partial charge in [-0.15, -0.1) is 0 Å². The molecule has 0 spiro atoms. The Bertz CT molecular complexity index is 606. The summed E-state index contributed by atoms with van der Waals surface area (Å²) in [5, 5.41) is 14.6. The summed E-state index contributed by atoms with van der Waals surface area (Å²) in [5.41, 5.74) is 1.32. The highest BCUT2D eigenvalue weighted by molar-refractivity contribution is 5.96. The van der Waals surface area contributed by atoms with Gasteiger partial charge < -0.3 is 15.7 Å². The molecule has 0 radical (unpaired) electrons. The smallest absolute Gasteiger partial charge is 0.326 e. The molecule has 1 atom stereocenters. The Morgan fingerprint density at radius 2 is 1.80 bits per heavy atom. The van der Waals surface area contributed by atoms with Crippen molar-refractivity contribution in [2.75, 3.05) is 0 Å². The van der Waals surface area contributed by atoms with Crippen molar-refractivity contribution in [3.8, 4) is 0 Å². The molecule has 1 aromatic rings. The fourth-order valence-electron chi connectivity index (χ4n) is 3.08. The summed E-state index contributed by atoms with van der Waals surface area (Å²) in [5.74, 6) is -1.19. The van der Waals surface area contributed by atoms with Crippen LogP contribution in [0.3, 0.4) is 0 Å². The fourth-order valence-corrected chi connectivity index (χ4v) is 3.08. The van der Waals surface area contributed by atoms with E-state index >= 15 is 0 Å². The second-order valence-electron chi connectivity index (χ2n) is 6.55. The van der Waals surface area contributed by atoms with E-state index in [0.717, 1.165) is 31.2 Å². The third-order valence-electron chi connectivity index (χ3n) is 4.59. The molecule has 0 aromatic heterocycles. The first kappa shape index (κ1) is 19.0. The van der Waals surface area contributed by atoms with E-state index in [-0.39, 0.29) is 11.8 Å². The minimum absolute atomic E-state index is 0.100. The Labute approximate surface area is 148 Å². The lowest BCUT2D eigenvalue weighted by molar-refractivity contribution is -0.139. The molecule has 6 nitrogen and oxygen atoms in total. The summed E-state index contributed by atoms with van der Waals surface area (Å²) in [6, 6.07) is 5.98. The fraction of sp³-hybridized carbons (Fsp3) is 0.526. The van der Waals surface area contributed by atoms with Crippen molar-refractivity contribution >= 4 is 17.8 Å². The number of nitrogens with one attached hydrogen (secondary N) is 2. The second-order valence-corrected chi connectivity index (χ2v) is 6.55. The van der Waals surface area contributed by atoms with Crippen LogP contribution in [0.5, 0.6) is 0 Å². The zero-order valence-electron chi connectivity index (χ0n) is 14.6. The normalized spacial score (nSPS) is 15.6. The van der Waals surface area contributed by atoms with Gasteiger partial charge in [-0.1, -0.05) is 38.3 Å². The lowest BCUT2D eigenvalue weighted by Crippen LogP contribution is -2.40. The Kier molecular flexibility index (Phi) is 6.98. The number of carbonyl (C=O) groups is 3. The monoisotopic (exact) mass is 346 g/mol. The highest BCUT2D eigenvalue weighted by Gasteiger charge is 2.22. The zero-order chi connectivity index (χ0) is 18.2. The number of carboxylic acids is 1. The Morgan fingerprint density at radius 3 is 2.36 bits per heavy atom. The molecular weight excluding hydrogens is 320 g/mol. The van der Waals surface area contributed by atoms with Crippen molar-refractivity contribution in [3.05, 3.63) is 35.4 Å². The molecule has 2 amide bonds. The van der Waals surface area contributed by atoms with Crippen molar-refractivity contribution in [1.82, 2.24) is 10.6 Å². The average molecular weight is 346 g/mol. The lowest BCUT2D eigenvalue weighted by atomic mass is 10.1. The third kappa shape index (κ3) is 5.59. The molecule has 1 aromatic carbocycles. The SMILES string of the molecule is CCCC(NC(=O)c1ccc(CNC(=O)C2CCCC2)cc1)C(=O)O. The average Bonchev–Trinajstić information content (AvgIpc) is 3.14. The summed E-state index contributed by atoms with van der Waals surface area (Å²) in [4.78, 5) is 35.3. The van der Waals surface area contributed by atoms with Crippen LogP contribution in [0.25, 0.3) is 0 Å². The van der Waals surface area contributed by atoms with Crippen molar-refractivity contribution in [1.29, 1.82) is 0 Å². The molecule has 0 saturated heterocycles. The minimum atomic E-state index is -1.03. The maximum Gasteiger partial charge on any atom is 0.326 e. The summed E-state index contributed by atoms with van der Waals surface area (Å²) in [6.45, 7) is 2.31.